The molecule has 0 aromatic rings. The Kier molecular flexibility index (Phi) is 54.2. The van der Waals surface area contributed by atoms with Crippen molar-refractivity contribution in [2.75, 3.05) is 13.2 Å². The summed E-state index contributed by atoms with van der Waals surface area (Å²) in [6.45, 7) is 6.64. The van der Waals surface area contributed by atoms with Crippen LogP contribution < -0.4 is 0 Å². The minimum atomic E-state index is -0.775. The van der Waals surface area contributed by atoms with E-state index >= 15 is 0 Å². The number of rotatable bonds is 54. The number of hydrogen-bond donors (Lipinski definition) is 0. The summed E-state index contributed by atoms with van der Waals surface area (Å²) in [5.74, 6) is -0.867. The van der Waals surface area contributed by atoms with Gasteiger partial charge >= 0.3 is 17.9 Å². The average molecular weight is 942 g/mol. The van der Waals surface area contributed by atoms with Crippen LogP contribution in [0.5, 0.6) is 0 Å². The summed E-state index contributed by atoms with van der Waals surface area (Å²) in [5, 5.41) is 0. The van der Waals surface area contributed by atoms with Crippen LogP contribution in [-0.2, 0) is 28.6 Å². The van der Waals surface area contributed by atoms with E-state index in [1.807, 2.05) is 0 Å². The van der Waals surface area contributed by atoms with Gasteiger partial charge in [-0.2, -0.15) is 0 Å². The van der Waals surface area contributed by atoms with Crippen molar-refractivity contribution in [3.63, 3.8) is 0 Å². The van der Waals surface area contributed by atoms with Crippen LogP contribution in [0.15, 0.2) is 36.5 Å². The van der Waals surface area contributed by atoms with Gasteiger partial charge in [0.15, 0.2) is 6.10 Å². The predicted molar refractivity (Wildman–Crippen MR) is 289 cm³/mol. The van der Waals surface area contributed by atoms with Gasteiger partial charge in [-0.25, -0.2) is 0 Å². The first kappa shape index (κ1) is 64.6. The van der Waals surface area contributed by atoms with Crippen LogP contribution in [0.3, 0.4) is 0 Å². The molecule has 6 nitrogen and oxygen atoms in total. The lowest BCUT2D eigenvalue weighted by Crippen LogP contribution is -2.30. The smallest absolute Gasteiger partial charge is 0.306 e. The van der Waals surface area contributed by atoms with E-state index in [1.165, 1.54) is 205 Å². The van der Waals surface area contributed by atoms with Crippen LogP contribution in [-0.4, -0.2) is 37.2 Å². The summed E-state index contributed by atoms with van der Waals surface area (Å²) in [5.41, 5.74) is 0. The van der Waals surface area contributed by atoms with Gasteiger partial charge in [-0.3, -0.25) is 14.4 Å². The number of esters is 3. The third-order valence-electron chi connectivity index (χ3n) is 13.1. The zero-order valence-electron chi connectivity index (χ0n) is 44.9. The molecule has 0 heterocycles. The lowest BCUT2D eigenvalue weighted by molar-refractivity contribution is -0.167. The third kappa shape index (κ3) is 54.4. The summed E-state index contributed by atoms with van der Waals surface area (Å²) in [6, 6.07) is 0. The van der Waals surface area contributed by atoms with E-state index in [0.717, 1.165) is 70.6 Å². The summed E-state index contributed by atoms with van der Waals surface area (Å²) >= 11 is 0. The molecule has 0 rings (SSSR count). The van der Waals surface area contributed by atoms with E-state index in [1.54, 1.807) is 0 Å². The Morgan fingerprint density at radius 1 is 0.299 bits per heavy atom. The molecule has 1 unspecified atom stereocenters. The highest BCUT2D eigenvalue weighted by atomic mass is 16.6. The van der Waals surface area contributed by atoms with Gasteiger partial charge in [-0.15, -0.1) is 0 Å². The largest absolute Gasteiger partial charge is 0.462 e. The van der Waals surface area contributed by atoms with Crippen molar-refractivity contribution < 1.29 is 28.6 Å². The minimum Gasteiger partial charge on any atom is -0.462 e. The molecule has 0 aromatic heterocycles. The Hall–Kier alpha value is -2.37. The Morgan fingerprint density at radius 2 is 0.537 bits per heavy atom. The molecule has 392 valence electrons. The highest BCUT2D eigenvalue weighted by Crippen LogP contribution is 2.16. The normalized spacial score (nSPS) is 12.2. The van der Waals surface area contributed by atoms with Crippen molar-refractivity contribution in [3.05, 3.63) is 36.5 Å². The molecule has 0 spiro atoms. The number of allylic oxidation sites excluding steroid dienone is 6. The van der Waals surface area contributed by atoms with Crippen molar-refractivity contribution in [2.45, 2.75) is 322 Å². The van der Waals surface area contributed by atoms with E-state index in [2.05, 4.69) is 57.2 Å². The monoisotopic (exact) mass is 941 g/mol. The van der Waals surface area contributed by atoms with Crippen molar-refractivity contribution in [1.82, 2.24) is 0 Å². The van der Waals surface area contributed by atoms with Crippen LogP contribution in [0.25, 0.3) is 0 Å². The fourth-order valence-corrected chi connectivity index (χ4v) is 8.65. The quantitative estimate of drug-likeness (QED) is 0.0262. The maximum Gasteiger partial charge on any atom is 0.306 e. The maximum atomic E-state index is 12.9. The number of carbonyl (C=O) groups is 3. The van der Waals surface area contributed by atoms with Gasteiger partial charge in [0.1, 0.15) is 13.2 Å². The maximum absolute atomic E-state index is 12.9. The summed E-state index contributed by atoms with van der Waals surface area (Å²) in [7, 11) is 0. The highest BCUT2D eigenvalue weighted by Gasteiger charge is 2.19. The Balaban J connectivity index is 4.34. The zero-order chi connectivity index (χ0) is 48.6. The molecule has 0 fully saturated rings. The van der Waals surface area contributed by atoms with Gasteiger partial charge in [0.2, 0.25) is 0 Å². The fraction of sp³-hybridized carbons (Fsp3) is 0.852. The molecule has 1 atom stereocenters. The van der Waals surface area contributed by atoms with Gasteiger partial charge < -0.3 is 14.2 Å². The molecule has 0 N–H and O–H groups in total. The van der Waals surface area contributed by atoms with E-state index < -0.39 is 6.10 Å². The molecule has 0 amide bonds. The molecule has 0 saturated carbocycles. The third-order valence-corrected chi connectivity index (χ3v) is 13.1. The molecular formula is C61H112O6. The molecular weight excluding hydrogens is 829 g/mol. The van der Waals surface area contributed by atoms with Gasteiger partial charge in [-0.05, 0) is 77.0 Å². The van der Waals surface area contributed by atoms with Gasteiger partial charge in [0.05, 0.1) is 0 Å². The van der Waals surface area contributed by atoms with Crippen molar-refractivity contribution in [1.29, 1.82) is 0 Å². The topological polar surface area (TPSA) is 78.9 Å². The van der Waals surface area contributed by atoms with Crippen molar-refractivity contribution in [3.8, 4) is 0 Å². The summed E-state index contributed by atoms with van der Waals surface area (Å²) in [4.78, 5) is 38.2. The molecule has 0 saturated heterocycles. The molecule has 67 heavy (non-hydrogen) atoms. The van der Waals surface area contributed by atoms with Gasteiger partial charge in [0, 0.05) is 19.3 Å². The van der Waals surface area contributed by atoms with Gasteiger partial charge in [0.25, 0.3) is 0 Å². The van der Waals surface area contributed by atoms with Crippen LogP contribution in [0, 0.1) is 0 Å². The van der Waals surface area contributed by atoms with Crippen LogP contribution in [0.4, 0.5) is 0 Å². The molecule has 0 radical (unpaired) electrons. The second-order valence-electron chi connectivity index (χ2n) is 19.9. The number of hydrogen-bond acceptors (Lipinski definition) is 6. The molecule has 0 aliphatic rings. The van der Waals surface area contributed by atoms with Gasteiger partial charge in [-0.1, -0.05) is 256 Å². The van der Waals surface area contributed by atoms with Crippen LogP contribution in [0.1, 0.15) is 316 Å². The number of ether oxygens (including phenoxy) is 3. The van der Waals surface area contributed by atoms with E-state index in [9.17, 15) is 14.4 Å². The van der Waals surface area contributed by atoms with E-state index in [0.29, 0.717) is 19.3 Å². The first-order chi connectivity index (χ1) is 33.0. The fourth-order valence-electron chi connectivity index (χ4n) is 8.65. The second kappa shape index (κ2) is 56.2. The minimum absolute atomic E-state index is 0.0729. The Labute approximate surface area is 416 Å². The van der Waals surface area contributed by atoms with Crippen molar-refractivity contribution >= 4 is 17.9 Å². The van der Waals surface area contributed by atoms with E-state index in [4.69, 9.17) is 14.2 Å². The molecule has 0 bridgehead atoms. The molecule has 0 aliphatic heterocycles. The lowest BCUT2D eigenvalue weighted by atomic mass is 10.0. The molecule has 0 aromatic carbocycles. The van der Waals surface area contributed by atoms with Crippen LogP contribution in [0.2, 0.25) is 0 Å². The Morgan fingerprint density at radius 3 is 0.866 bits per heavy atom. The highest BCUT2D eigenvalue weighted by molar-refractivity contribution is 5.71. The zero-order valence-corrected chi connectivity index (χ0v) is 44.9. The average Bonchev–Trinajstić information content (AvgIpc) is 3.33. The summed E-state index contributed by atoms with van der Waals surface area (Å²) < 4.78 is 16.9. The number of unbranched alkanes of at least 4 members (excludes halogenated alkanes) is 37. The van der Waals surface area contributed by atoms with E-state index in [-0.39, 0.29) is 31.1 Å². The Bertz CT molecular complexity index is 1130. The first-order valence-electron chi connectivity index (χ1n) is 29.5. The lowest BCUT2D eigenvalue weighted by Gasteiger charge is -2.18. The summed E-state index contributed by atoms with van der Waals surface area (Å²) in [6.07, 6.45) is 67.0. The standard InChI is InChI=1S/C61H112O6/c1-4-7-10-13-16-19-22-25-28-30-31-32-34-36-39-42-45-48-51-54-60(63)66-57-58(56-65-59(62)53-50-47-44-41-38-35-27-24-21-18-15-12-9-6-3)67-61(64)55-52-49-46-43-40-37-33-29-26-23-20-17-14-11-8-5-2/h16,19,25,28-29,33,58H,4-15,17-18,20-24,26-27,30-32,34-57H2,1-3H3/b19-16-,28-25-,33-29-. The molecule has 0 aliphatic carbocycles. The number of carbonyl (C=O) groups excluding carboxylic acids is 3. The predicted octanol–water partition coefficient (Wildman–Crippen LogP) is 19.7. The second-order valence-corrected chi connectivity index (χ2v) is 19.9. The first-order valence-corrected chi connectivity index (χ1v) is 29.5. The van der Waals surface area contributed by atoms with Crippen LogP contribution >= 0.6 is 0 Å². The van der Waals surface area contributed by atoms with Crippen molar-refractivity contribution in [2.24, 2.45) is 0 Å². The SMILES string of the molecule is CCCCC/C=C\C/C=C\CCCCCCCCCCCC(=O)OCC(COC(=O)CCCCCCCCCCCCCCCC)OC(=O)CCCCCCC/C=C\CCCCCCCCC. The molecule has 6 heteroatoms.